The molecule has 0 saturated carbocycles. The van der Waals surface area contributed by atoms with Gasteiger partial charge in [-0.05, 0) is 57.9 Å². The lowest BCUT2D eigenvalue weighted by atomic mass is 10.1. The number of rotatable bonds is 11. The van der Waals surface area contributed by atoms with Crippen molar-refractivity contribution in [2.75, 3.05) is 17.1 Å². The normalized spacial score (nSPS) is 12.8. The molecule has 1 unspecified atom stereocenters. The zero-order valence-corrected chi connectivity index (χ0v) is 22.5. The second kappa shape index (κ2) is 12.4. The molecule has 0 aliphatic carbocycles. The Morgan fingerprint density at radius 2 is 1.65 bits per heavy atom. The first kappa shape index (κ1) is 30.1. The van der Waals surface area contributed by atoms with Crippen LogP contribution in [0, 0.1) is 6.92 Å². The molecule has 2 aromatic carbocycles. The van der Waals surface area contributed by atoms with Crippen molar-refractivity contribution in [3.8, 4) is 0 Å². The van der Waals surface area contributed by atoms with Gasteiger partial charge in [-0.2, -0.15) is 13.2 Å². The Labute approximate surface area is 216 Å². The van der Waals surface area contributed by atoms with E-state index in [1.54, 1.807) is 6.92 Å². The Bertz CT molecular complexity index is 1180. The fourth-order valence-corrected chi connectivity index (χ4v) is 4.68. The molecule has 11 heteroatoms. The number of nitrogens with one attached hydrogen (secondary N) is 1. The molecular weight excluding hydrogens is 507 g/mol. The number of carbonyl (C=O) groups is 2. The Balaban J connectivity index is 2.21. The predicted octanol–water partition coefficient (Wildman–Crippen LogP) is 4.50. The van der Waals surface area contributed by atoms with Gasteiger partial charge in [-0.1, -0.05) is 35.9 Å². The number of carbonyl (C=O) groups excluding carboxylic acids is 2. The molecule has 0 spiro atoms. The highest BCUT2D eigenvalue weighted by Crippen LogP contribution is 2.32. The van der Waals surface area contributed by atoms with Gasteiger partial charge < -0.3 is 10.2 Å². The lowest BCUT2D eigenvalue weighted by Gasteiger charge is -2.30. The lowest BCUT2D eigenvalue weighted by Crippen LogP contribution is -2.49. The van der Waals surface area contributed by atoms with Gasteiger partial charge in [0.05, 0.1) is 17.5 Å². The molecule has 0 aromatic heterocycles. The predicted molar refractivity (Wildman–Crippen MR) is 137 cm³/mol. The summed E-state index contributed by atoms with van der Waals surface area (Å²) in [5.74, 6) is -0.693. The van der Waals surface area contributed by atoms with Crippen LogP contribution >= 0.6 is 0 Å². The first-order chi connectivity index (χ1) is 17.1. The summed E-state index contributed by atoms with van der Waals surface area (Å²) in [7, 11) is -3.92. The van der Waals surface area contributed by atoms with Crippen molar-refractivity contribution >= 4 is 27.5 Å². The van der Waals surface area contributed by atoms with Crippen LogP contribution in [0.2, 0.25) is 0 Å². The molecule has 1 N–H and O–H groups in total. The van der Waals surface area contributed by atoms with Gasteiger partial charge in [0.15, 0.2) is 0 Å². The maximum Gasteiger partial charge on any atom is 0.416 e. The molecule has 0 aliphatic rings. The number of halogens is 3. The molecule has 7 nitrogen and oxygen atoms in total. The third-order valence-electron chi connectivity index (χ3n) is 5.69. The topological polar surface area (TPSA) is 86.8 Å². The number of nitrogens with zero attached hydrogens (tertiary/aromatic N) is 2. The van der Waals surface area contributed by atoms with E-state index in [0.717, 1.165) is 39.9 Å². The van der Waals surface area contributed by atoms with Crippen LogP contribution < -0.4 is 9.62 Å². The highest BCUT2D eigenvalue weighted by Gasteiger charge is 2.32. The van der Waals surface area contributed by atoms with E-state index in [4.69, 9.17) is 0 Å². The Hall–Kier alpha value is -3.08. The number of alkyl halides is 3. The molecule has 0 heterocycles. The van der Waals surface area contributed by atoms with Crippen LogP contribution in [-0.4, -0.2) is 50.0 Å². The molecule has 1 atom stereocenters. The van der Waals surface area contributed by atoms with Gasteiger partial charge >= 0.3 is 6.18 Å². The minimum absolute atomic E-state index is 0.0467. The van der Waals surface area contributed by atoms with Crippen molar-refractivity contribution < 1.29 is 31.2 Å². The highest BCUT2D eigenvalue weighted by atomic mass is 32.2. The Morgan fingerprint density at radius 1 is 1.03 bits per heavy atom. The van der Waals surface area contributed by atoms with Gasteiger partial charge in [-0.15, -0.1) is 0 Å². The summed E-state index contributed by atoms with van der Waals surface area (Å²) in [5.41, 5.74) is 0.766. The first-order valence-corrected chi connectivity index (χ1v) is 13.7. The van der Waals surface area contributed by atoms with Crippen molar-refractivity contribution in [1.29, 1.82) is 0 Å². The third kappa shape index (κ3) is 9.07. The average Bonchev–Trinajstić information content (AvgIpc) is 2.79. The highest BCUT2D eigenvalue weighted by molar-refractivity contribution is 7.92. The fourth-order valence-electron chi connectivity index (χ4n) is 3.72. The van der Waals surface area contributed by atoms with Crippen LogP contribution in [-0.2, 0) is 32.3 Å². The lowest BCUT2D eigenvalue weighted by molar-refractivity contribution is -0.140. The number of aryl methyl sites for hydroxylation is 1. The second-order valence-corrected chi connectivity index (χ2v) is 11.2. The summed E-state index contributed by atoms with van der Waals surface area (Å²) in [5, 5.41) is 2.79. The minimum atomic E-state index is -4.63. The number of hydrogen-bond donors (Lipinski definition) is 1. The van der Waals surface area contributed by atoms with E-state index in [-0.39, 0.29) is 49.5 Å². The zero-order valence-electron chi connectivity index (χ0n) is 21.7. The molecular formula is C26H34F3N3O4S. The molecule has 204 valence electrons. The summed E-state index contributed by atoms with van der Waals surface area (Å²) in [6.45, 7) is 7.15. The maximum atomic E-state index is 13.2. The smallest absolute Gasteiger partial charge is 0.352 e. The number of amides is 2. The van der Waals surface area contributed by atoms with Gasteiger partial charge in [-0.3, -0.25) is 13.9 Å². The average molecular weight is 542 g/mol. The standard InChI is InChI=1S/C26H34F3N3O4S/c1-18(2)30-25(34)20(4)31(17-21-13-11-19(3)12-14-21)24(33)10-7-15-32(37(5,35)36)23-9-6-8-22(16-23)26(27,28)29/h6,8-9,11-14,16,18,20H,7,10,15,17H2,1-5H3,(H,30,34). The molecule has 0 fully saturated rings. The third-order valence-corrected chi connectivity index (χ3v) is 6.88. The SMILES string of the molecule is Cc1ccc(CN(C(=O)CCCN(c2cccc(C(F)(F)F)c2)S(C)(=O)=O)C(C)C(=O)NC(C)C)cc1. The number of hydrogen-bond acceptors (Lipinski definition) is 4. The zero-order chi connectivity index (χ0) is 28.0. The molecule has 0 radical (unpaired) electrons. The van der Waals surface area contributed by atoms with Crippen LogP contribution in [0.25, 0.3) is 0 Å². The van der Waals surface area contributed by atoms with Crippen molar-refractivity contribution in [2.45, 2.75) is 65.3 Å². The minimum Gasteiger partial charge on any atom is -0.352 e. The summed E-state index contributed by atoms with van der Waals surface area (Å²) >= 11 is 0. The van der Waals surface area contributed by atoms with E-state index in [1.165, 1.54) is 11.0 Å². The van der Waals surface area contributed by atoms with Crippen molar-refractivity contribution in [2.24, 2.45) is 0 Å². The van der Waals surface area contributed by atoms with Crippen molar-refractivity contribution in [1.82, 2.24) is 10.2 Å². The molecule has 2 amide bonds. The van der Waals surface area contributed by atoms with Gasteiger partial charge in [-0.25, -0.2) is 8.42 Å². The van der Waals surface area contributed by atoms with Crippen LogP contribution in [0.1, 0.15) is 50.3 Å². The van der Waals surface area contributed by atoms with Gasteiger partial charge in [0.2, 0.25) is 21.8 Å². The van der Waals surface area contributed by atoms with E-state index >= 15 is 0 Å². The van der Waals surface area contributed by atoms with Crippen molar-refractivity contribution in [3.63, 3.8) is 0 Å². The molecule has 0 saturated heterocycles. The van der Waals surface area contributed by atoms with E-state index in [0.29, 0.717) is 0 Å². The fraction of sp³-hybridized carbons (Fsp3) is 0.462. The molecule has 37 heavy (non-hydrogen) atoms. The molecule has 2 rings (SSSR count). The Kier molecular flexibility index (Phi) is 10.1. The number of sulfonamides is 1. The quantitative estimate of drug-likeness (QED) is 0.454. The summed E-state index contributed by atoms with van der Waals surface area (Å²) < 4.78 is 65.0. The summed E-state index contributed by atoms with van der Waals surface area (Å²) in [4.78, 5) is 27.3. The van der Waals surface area contributed by atoms with Gasteiger partial charge in [0.1, 0.15) is 6.04 Å². The molecule has 2 aromatic rings. The second-order valence-electron chi connectivity index (χ2n) is 9.33. The molecule has 0 bridgehead atoms. The summed E-state index contributed by atoms with van der Waals surface area (Å²) in [6.07, 6.45) is -3.78. The molecule has 0 aliphatic heterocycles. The van der Waals surface area contributed by atoms with Gasteiger partial charge in [0, 0.05) is 25.6 Å². The number of anilines is 1. The van der Waals surface area contributed by atoms with Crippen molar-refractivity contribution in [3.05, 3.63) is 65.2 Å². The van der Waals surface area contributed by atoms with E-state index in [2.05, 4.69) is 5.32 Å². The monoisotopic (exact) mass is 541 g/mol. The number of benzene rings is 2. The first-order valence-electron chi connectivity index (χ1n) is 11.9. The summed E-state index contributed by atoms with van der Waals surface area (Å²) in [6, 6.07) is 10.7. The van der Waals surface area contributed by atoms with Crippen LogP contribution in [0.15, 0.2) is 48.5 Å². The largest absolute Gasteiger partial charge is 0.416 e. The van der Waals surface area contributed by atoms with E-state index in [9.17, 15) is 31.2 Å². The van der Waals surface area contributed by atoms with E-state index in [1.807, 2.05) is 45.0 Å². The van der Waals surface area contributed by atoms with Crippen LogP contribution in [0.5, 0.6) is 0 Å². The van der Waals surface area contributed by atoms with Crippen LogP contribution in [0.3, 0.4) is 0 Å². The Morgan fingerprint density at radius 3 is 2.19 bits per heavy atom. The van der Waals surface area contributed by atoms with E-state index < -0.39 is 27.8 Å². The maximum absolute atomic E-state index is 13.2. The van der Waals surface area contributed by atoms with Gasteiger partial charge in [0.25, 0.3) is 0 Å². The van der Waals surface area contributed by atoms with Crippen LogP contribution in [0.4, 0.5) is 18.9 Å².